The number of hydrogen-bond donors (Lipinski definition) is 2. The third kappa shape index (κ3) is 3.43. The highest BCUT2D eigenvalue weighted by Crippen LogP contribution is 2.28. The molecule has 1 aromatic rings. The first-order valence-electron chi connectivity index (χ1n) is 6.62. The van der Waals surface area contributed by atoms with Crippen LogP contribution in [0.4, 0.5) is 11.4 Å². The SMILES string of the molecule is CN1CCCC1CNC(=O)c1cc([N+](=O)[O-])cc(Cl)c1N. The minimum atomic E-state index is -0.604. The van der Waals surface area contributed by atoms with Crippen LogP contribution in [-0.2, 0) is 0 Å². The van der Waals surface area contributed by atoms with Crippen molar-refractivity contribution in [2.24, 2.45) is 0 Å². The minimum Gasteiger partial charge on any atom is -0.397 e. The number of nitro benzene ring substituents is 1. The molecule has 0 aromatic heterocycles. The molecule has 1 amide bonds. The summed E-state index contributed by atoms with van der Waals surface area (Å²) in [5.74, 6) is -0.446. The molecule has 1 unspecified atom stereocenters. The van der Waals surface area contributed by atoms with Gasteiger partial charge in [0.1, 0.15) is 0 Å². The zero-order valence-corrected chi connectivity index (χ0v) is 12.4. The maximum Gasteiger partial charge on any atom is 0.271 e. The molecule has 0 radical (unpaired) electrons. The standard InChI is InChI=1S/C13H17ClN4O3/c1-17-4-2-3-8(17)7-16-13(19)10-5-9(18(20)21)6-11(14)12(10)15/h5-6,8H,2-4,7,15H2,1H3,(H,16,19). The molecule has 0 aliphatic carbocycles. The summed E-state index contributed by atoms with van der Waals surface area (Å²) in [7, 11) is 2.00. The van der Waals surface area contributed by atoms with Gasteiger partial charge >= 0.3 is 0 Å². The van der Waals surface area contributed by atoms with Gasteiger partial charge in [-0.15, -0.1) is 0 Å². The van der Waals surface area contributed by atoms with E-state index in [9.17, 15) is 14.9 Å². The Balaban J connectivity index is 2.13. The van der Waals surface area contributed by atoms with Crippen LogP contribution in [0.5, 0.6) is 0 Å². The Kier molecular flexibility index (Phi) is 4.64. The number of non-ortho nitro benzene ring substituents is 1. The molecular weight excluding hydrogens is 296 g/mol. The number of halogens is 1. The highest BCUT2D eigenvalue weighted by molar-refractivity contribution is 6.34. The van der Waals surface area contributed by atoms with Crippen LogP contribution in [0.25, 0.3) is 0 Å². The molecule has 1 aliphatic rings. The number of nitrogens with one attached hydrogen (secondary N) is 1. The summed E-state index contributed by atoms with van der Waals surface area (Å²) in [5, 5.41) is 13.6. The first-order valence-corrected chi connectivity index (χ1v) is 6.99. The number of anilines is 1. The molecule has 1 aromatic carbocycles. The smallest absolute Gasteiger partial charge is 0.271 e. The Morgan fingerprint density at radius 3 is 2.90 bits per heavy atom. The van der Waals surface area contributed by atoms with Crippen LogP contribution in [0.2, 0.25) is 5.02 Å². The molecule has 1 aliphatic heterocycles. The van der Waals surface area contributed by atoms with Gasteiger partial charge in [-0.3, -0.25) is 14.9 Å². The number of nitrogens with two attached hydrogens (primary N) is 1. The van der Waals surface area contributed by atoms with Crippen LogP contribution in [-0.4, -0.2) is 41.9 Å². The number of likely N-dealkylation sites (tertiary alicyclic amines) is 1. The predicted octanol–water partition coefficient (Wildman–Crippen LogP) is 1.65. The molecule has 1 saturated heterocycles. The fraction of sp³-hybridized carbons (Fsp3) is 0.462. The quantitative estimate of drug-likeness (QED) is 0.500. The Morgan fingerprint density at radius 1 is 1.62 bits per heavy atom. The molecule has 8 heteroatoms. The van der Waals surface area contributed by atoms with E-state index >= 15 is 0 Å². The van der Waals surface area contributed by atoms with Gasteiger partial charge in [-0.2, -0.15) is 0 Å². The Morgan fingerprint density at radius 2 is 2.33 bits per heavy atom. The lowest BCUT2D eigenvalue weighted by atomic mass is 10.1. The molecule has 1 heterocycles. The molecule has 1 fully saturated rings. The first kappa shape index (κ1) is 15.5. The number of carbonyl (C=O) groups is 1. The average molecular weight is 313 g/mol. The summed E-state index contributed by atoms with van der Waals surface area (Å²) in [4.78, 5) is 24.5. The van der Waals surface area contributed by atoms with Crippen LogP contribution >= 0.6 is 11.6 Å². The van der Waals surface area contributed by atoms with Crippen LogP contribution in [0, 0.1) is 10.1 Å². The Labute approximate surface area is 127 Å². The second kappa shape index (κ2) is 6.28. The fourth-order valence-electron chi connectivity index (χ4n) is 2.44. The van der Waals surface area contributed by atoms with Gasteiger partial charge in [-0.1, -0.05) is 11.6 Å². The van der Waals surface area contributed by atoms with Crippen molar-refractivity contribution in [2.45, 2.75) is 18.9 Å². The van der Waals surface area contributed by atoms with E-state index in [1.807, 2.05) is 7.05 Å². The van der Waals surface area contributed by atoms with Gasteiger partial charge < -0.3 is 16.0 Å². The van der Waals surface area contributed by atoms with E-state index in [4.69, 9.17) is 17.3 Å². The van der Waals surface area contributed by atoms with E-state index in [2.05, 4.69) is 10.2 Å². The highest BCUT2D eigenvalue weighted by Gasteiger charge is 2.23. The molecule has 114 valence electrons. The number of amides is 1. The summed E-state index contributed by atoms with van der Waals surface area (Å²) in [6, 6.07) is 2.57. The molecule has 7 nitrogen and oxygen atoms in total. The number of nitrogen functional groups attached to an aromatic ring is 1. The number of carbonyl (C=O) groups excluding carboxylic acids is 1. The van der Waals surface area contributed by atoms with Gasteiger partial charge in [0.25, 0.3) is 11.6 Å². The van der Waals surface area contributed by atoms with Gasteiger partial charge in [0.2, 0.25) is 0 Å². The maximum absolute atomic E-state index is 12.2. The predicted molar refractivity (Wildman–Crippen MR) is 80.5 cm³/mol. The van der Waals surface area contributed by atoms with Crippen LogP contribution < -0.4 is 11.1 Å². The second-order valence-electron chi connectivity index (χ2n) is 5.13. The molecule has 2 rings (SSSR count). The van der Waals surface area contributed by atoms with Crippen molar-refractivity contribution in [1.82, 2.24) is 10.2 Å². The monoisotopic (exact) mass is 312 g/mol. The van der Waals surface area contributed by atoms with E-state index in [1.165, 1.54) is 0 Å². The lowest BCUT2D eigenvalue weighted by Crippen LogP contribution is -2.38. The largest absolute Gasteiger partial charge is 0.397 e. The van der Waals surface area contributed by atoms with E-state index in [-0.39, 0.29) is 28.0 Å². The van der Waals surface area contributed by atoms with E-state index in [1.54, 1.807) is 0 Å². The van der Waals surface area contributed by atoms with Crippen LogP contribution in [0.3, 0.4) is 0 Å². The van der Waals surface area contributed by atoms with Crippen molar-refractivity contribution < 1.29 is 9.72 Å². The lowest BCUT2D eigenvalue weighted by molar-refractivity contribution is -0.384. The Bertz CT molecular complexity index is 579. The number of nitro groups is 1. The summed E-state index contributed by atoms with van der Waals surface area (Å²) < 4.78 is 0. The van der Waals surface area contributed by atoms with Crippen LogP contribution in [0.15, 0.2) is 12.1 Å². The lowest BCUT2D eigenvalue weighted by Gasteiger charge is -2.19. The molecule has 21 heavy (non-hydrogen) atoms. The number of rotatable bonds is 4. The molecular formula is C13H17ClN4O3. The van der Waals surface area contributed by atoms with E-state index in [0.29, 0.717) is 6.54 Å². The van der Waals surface area contributed by atoms with Crippen molar-refractivity contribution in [3.8, 4) is 0 Å². The number of nitrogens with zero attached hydrogens (tertiary/aromatic N) is 2. The number of hydrogen-bond acceptors (Lipinski definition) is 5. The summed E-state index contributed by atoms with van der Waals surface area (Å²) >= 11 is 5.84. The van der Waals surface area contributed by atoms with Gasteiger partial charge in [0.05, 0.1) is 21.2 Å². The van der Waals surface area contributed by atoms with Crippen molar-refractivity contribution in [3.05, 3.63) is 32.8 Å². The third-order valence-corrected chi connectivity index (χ3v) is 4.05. The van der Waals surface area contributed by atoms with Gasteiger partial charge in [-0.05, 0) is 26.4 Å². The van der Waals surface area contributed by atoms with Gasteiger partial charge in [0.15, 0.2) is 0 Å². The number of benzene rings is 1. The first-order chi connectivity index (χ1) is 9.90. The van der Waals surface area contributed by atoms with Gasteiger partial charge in [0, 0.05) is 24.7 Å². The highest BCUT2D eigenvalue weighted by atomic mass is 35.5. The van der Waals surface area contributed by atoms with Crippen molar-refractivity contribution in [2.75, 3.05) is 25.9 Å². The zero-order valence-electron chi connectivity index (χ0n) is 11.6. The van der Waals surface area contributed by atoms with E-state index < -0.39 is 10.8 Å². The summed E-state index contributed by atoms with van der Waals surface area (Å²) in [6.07, 6.45) is 2.11. The zero-order chi connectivity index (χ0) is 15.6. The maximum atomic E-state index is 12.2. The van der Waals surface area contributed by atoms with Crippen molar-refractivity contribution in [1.29, 1.82) is 0 Å². The molecule has 0 bridgehead atoms. The average Bonchev–Trinajstić information content (AvgIpc) is 2.84. The van der Waals surface area contributed by atoms with Crippen molar-refractivity contribution >= 4 is 28.9 Å². The minimum absolute atomic E-state index is 0.00679. The normalized spacial score (nSPS) is 18.7. The Hall–Kier alpha value is -1.86. The van der Waals surface area contributed by atoms with E-state index in [0.717, 1.165) is 31.5 Å². The molecule has 0 spiro atoms. The second-order valence-corrected chi connectivity index (χ2v) is 5.54. The summed E-state index contributed by atoms with van der Waals surface area (Å²) in [5.41, 5.74) is 5.58. The molecule has 3 N–H and O–H groups in total. The van der Waals surface area contributed by atoms with Gasteiger partial charge in [-0.25, -0.2) is 0 Å². The summed E-state index contributed by atoms with van der Waals surface area (Å²) in [6.45, 7) is 1.49. The fourth-order valence-corrected chi connectivity index (χ4v) is 2.65. The third-order valence-electron chi connectivity index (χ3n) is 3.74. The van der Waals surface area contributed by atoms with Crippen LogP contribution in [0.1, 0.15) is 23.2 Å². The number of likely N-dealkylation sites (N-methyl/N-ethyl adjacent to an activating group) is 1. The topological polar surface area (TPSA) is 102 Å². The molecule has 0 saturated carbocycles. The molecule has 1 atom stereocenters. The van der Waals surface area contributed by atoms with Crippen molar-refractivity contribution in [3.63, 3.8) is 0 Å².